The maximum atomic E-state index is 5.43. The fourth-order valence-electron chi connectivity index (χ4n) is 2.09. The molecular formula is C16H21N3O. The van der Waals surface area contributed by atoms with E-state index < -0.39 is 0 Å². The van der Waals surface area contributed by atoms with Gasteiger partial charge in [0, 0.05) is 18.3 Å². The van der Waals surface area contributed by atoms with Gasteiger partial charge in [0.1, 0.15) is 0 Å². The van der Waals surface area contributed by atoms with Crippen molar-refractivity contribution in [3.63, 3.8) is 0 Å². The van der Waals surface area contributed by atoms with Crippen LogP contribution in [0.1, 0.15) is 30.7 Å². The lowest BCUT2D eigenvalue weighted by Gasteiger charge is -2.10. The largest absolute Gasteiger partial charge is 0.478 e. The van der Waals surface area contributed by atoms with Gasteiger partial charge in [0.15, 0.2) is 0 Å². The third-order valence-electron chi connectivity index (χ3n) is 3.06. The van der Waals surface area contributed by atoms with Crippen LogP contribution >= 0.6 is 0 Å². The Morgan fingerprint density at radius 3 is 2.55 bits per heavy atom. The second kappa shape index (κ2) is 6.89. The number of nitrogens with zero attached hydrogens (tertiary/aromatic N) is 2. The molecule has 1 aromatic carbocycles. The van der Waals surface area contributed by atoms with E-state index in [1.165, 1.54) is 11.1 Å². The lowest BCUT2D eigenvalue weighted by molar-refractivity contribution is 0.326. The van der Waals surface area contributed by atoms with Crippen molar-refractivity contribution in [1.29, 1.82) is 0 Å². The maximum absolute atomic E-state index is 5.43. The first-order chi connectivity index (χ1) is 9.72. The molecule has 2 rings (SSSR count). The molecule has 20 heavy (non-hydrogen) atoms. The van der Waals surface area contributed by atoms with Crippen LogP contribution in [0.4, 0.5) is 5.95 Å². The third kappa shape index (κ3) is 3.70. The van der Waals surface area contributed by atoms with Crippen LogP contribution in [0.15, 0.2) is 30.3 Å². The second-order valence-corrected chi connectivity index (χ2v) is 4.58. The van der Waals surface area contributed by atoms with Crippen molar-refractivity contribution in [2.45, 2.75) is 33.7 Å². The Bertz CT molecular complexity index is 569. The highest BCUT2D eigenvalue weighted by molar-refractivity contribution is 5.34. The first-order valence-corrected chi connectivity index (χ1v) is 7.02. The monoisotopic (exact) mass is 271 g/mol. The number of aromatic nitrogens is 2. The molecule has 0 saturated carbocycles. The van der Waals surface area contributed by atoms with Crippen molar-refractivity contribution >= 4 is 5.95 Å². The number of benzene rings is 1. The van der Waals surface area contributed by atoms with Crippen LogP contribution in [0, 0.1) is 6.92 Å². The van der Waals surface area contributed by atoms with Crippen LogP contribution in [-0.2, 0) is 13.0 Å². The molecule has 0 atom stereocenters. The van der Waals surface area contributed by atoms with Gasteiger partial charge < -0.3 is 10.1 Å². The van der Waals surface area contributed by atoms with E-state index in [4.69, 9.17) is 4.74 Å². The Labute approximate surface area is 120 Å². The van der Waals surface area contributed by atoms with Gasteiger partial charge in [0.2, 0.25) is 11.8 Å². The van der Waals surface area contributed by atoms with Gasteiger partial charge in [0.05, 0.1) is 6.61 Å². The zero-order valence-corrected chi connectivity index (χ0v) is 12.3. The Morgan fingerprint density at radius 2 is 1.85 bits per heavy atom. The summed E-state index contributed by atoms with van der Waals surface area (Å²) in [6.07, 6.45) is 1.02. The summed E-state index contributed by atoms with van der Waals surface area (Å²) in [4.78, 5) is 8.73. The van der Waals surface area contributed by atoms with Crippen LogP contribution in [-0.4, -0.2) is 16.6 Å². The molecular weight excluding hydrogens is 250 g/mol. The molecule has 2 aromatic rings. The zero-order chi connectivity index (χ0) is 14.4. The summed E-state index contributed by atoms with van der Waals surface area (Å²) in [6, 6.07) is 10.2. The van der Waals surface area contributed by atoms with Crippen molar-refractivity contribution in [2.75, 3.05) is 11.9 Å². The number of hydrogen-bond acceptors (Lipinski definition) is 4. The molecule has 4 nitrogen and oxygen atoms in total. The molecule has 0 amide bonds. The minimum Gasteiger partial charge on any atom is -0.478 e. The number of hydrogen-bond donors (Lipinski definition) is 1. The molecule has 0 spiro atoms. The molecule has 0 bridgehead atoms. The van der Waals surface area contributed by atoms with Crippen LogP contribution in [0.5, 0.6) is 5.88 Å². The Hall–Kier alpha value is -2.10. The molecule has 1 N–H and O–H groups in total. The summed E-state index contributed by atoms with van der Waals surface area (Å²) in [5, 5.41) is 3.27. The molecule has 1 heterocycles. The van der Waals surface area contributed by atoms with E-state index in [1.54, 1.807) is 0 Å². The predicted octanol–water partition coefficient (Wildman–Crippen LogP) is 3.36. The topological polar surface area (TPSA) is 47.0 Å². The molecule has 106 valence electrons. The standard InChI is InChI=1S/C16H21N3O/c1-4-13-8-6-7-9-14(13)11-17-16-18-12(3)10-15(19-16)20-5-2/h6-10H,4-5,11H2,1-3H3,(H,17,18,19). The number of nitrogens with one attached hydrogen (secondary N) is 1. The van der Waals surface area contributed by atoms with Gasteiger partial charge in [-0.25, -0.2) is 4.98 Å². The van der Waals surface area contributed by atoms with E-state index in [2.05, 4.69) is 46.5 Å². The number of aryl methyl sites for hydroxylation is 2. The van der Waals surface area contributed by atoms with Crippen molar-refractivity contribution in [1.82, 2.24) is 9.97 Å². The van der Waals surface area contributed by atoms with Gasteiger partial charge in [-0.3, -0.25) is 0 Å². The molecule has 0 aliphatic rings. The van der Waals surface area contributed by atoms with Gasteiger partial charge in [0.25, 0.3) is 0 Å². The first-order valence-electron chi connectivity index (χ1n) is 7.02. The molecule has 0 radical (unpaired) electrons. The third-order valence-corrected chi connectivity index (χ3v) is 3.06. The highest BCUT2D eigenvalue weighted by Gasteiger charge is 2.04. The Morgan fingerprint density at radius 1 is 1.10 bits per heavy atom. The summed E-state index contributed by atoms with van der Waals surface area (Å²) < 4.78 is 5.43. The molecule has 0 fully saturated rings. The fourth-order valence-corrected chi connectivity index (χ4v) is 2.09. The van der Waals surface area contributed by atoms with Crippen LogP contribution in [0.3, 0.4) is 0 Å². The SMILES string of the molecule is CCOc1cc(C)nc(NCc2ccccc2CC)n1. The van der Waals surface area contributed by atoms with Crippen LogP contribution < -0.4 is 10.1 Å². The smallest absolute Gasteiger partial charge is 0.226 e. The highest BCUT2D eigenvalue weighted by atomic mass is 16.5. The lowest BCUT2D eigenvalue weighted by Crippen LogP contribution is -2.07. The fraction of sp³-hybridized carbons (Fsp3) is 0.375. The summed E-state index contributed by atoms with van der Waals surface area (Å²) >= 11 is 0. The summed E-state index contributed by atoms with van der Waals surface area (Å²) in [6.45, 7) is 7.38. The van der Waals surface area contributed by atoms with Crippen LogP contribution in [0.2, 0.25) is 0 Å². The van der Waals surface area contributed by atoms with Gasteiger partial charge in [-0.05, 0) is 31.4 Å². The molecule has 4 heteroatoms. The second-order valence-electron chi connectivity index (χ2n) is 4.58. The molecule has 0 aliphatic heterocycles. The van der Waals surface area contributed by atoms with Gasteiger partial charge in [-0.1, -0.05) is 31.2 Å². The van der Waals surface area contributed by atoms with E-state index in [-0.39, 0.29) is 0 Å². The van der Waals surface area contributed by atoms with Crippen molar-refractivity contribution in [3.8, 4) is 5.88 Å². The average Bonchev–Trinajstić information content (AvgIpc) is 2.45. The zero-order valence-electron chi connectivity index (χ0n) is 12.3. The van der Waals surface area contributed by atoms with E-state index in [0.29, 0.717) is 18.4 Å². The van der Waals surface area contributed by atoms with Crippen molar-refractivity contribution in [3.05, 3.63) is 47.2 Å². The number of anilines is 1. The number of ether oxygens (including phenoxy) is 1. The molecule has 1 aromatic heterocycles. The van der Waals surface area contributed by atoms with E-state index in [1.807, 2.05) is 19.9 Å². The van der Waals surface area contributed by atoms with E-state index in [0.717, 1.165) is 18.7 Å². The highest BCUT2D eigenvalue weighted by Crippen LogP contribution is 2.14. The van der Waals surface area contributed by atoms with Crippen molar-refractivity contribution in [2.24, 2.45) is 0 Å². The maximum Gasteiger partial charge on any atom is 0.226 e. The van der Waals surface area contributed by atoms with Gasteiger partial charge in [-0.15, -0.1) is 0 Å². The normalized spacial score (nSPS) is 10.3. The van der Waals surface area contributed by atoms with E-state index >= 15 is 0 Å². The minimum absolute atomic E-state index is 0.606. The van der Waals surface area contributed by atoms with E-state index in [9.17, 15) is 0 Å². The quantitative estimate of drug-likeness (QED) is 0.875. The lowest BCUT2D eigenvalue weighted by atomic mass is 10.1. The summed E-state index contributed by atoms with van der Waals surface area (Å²) in [5.74, 6) is 1.23. The molecule has 0 unspecified atom stereocenters. The molecule has 0 aliphatic carbocycles. The average molecular weight is 271 g/mol. The Balaban J connectivity index is 2.10. The number of rotatable bonds is 6. The predicted molar refractivity (Wildman–Crippen MR) is 81.1 cm³/mol. The van der Waals surface area contributed by atoms with Gasteiger partial charge in [-0.2, -0.15) is 4.98 Å². The minimum atomic E-state index is 0.606. The van der Waals surface area contributed by atoms with Gasteiger partial charge >= 0.3 is 0 Å². The molecule has 0 saturated heterocycles. The van der Waals surface area contributed by atoms with Crippen LogP contribution in [0.25, 0.3) is 0 Å². The summed E-state index contributed by atoms with van der Waals surface area (Å²) in [5.41, 5.74) is 3.52. The van der Waals surface area contributed by atoms with Crippen molar-refractivity contribution < 1.29 is 4.74 Å². The Kier molecular flexibility index (Phi) is 4.93. The first kappa shape index (κ1) is 14.3. The summed E-state index contributed by atoms with van der Waals surface area (Å²) in [7, 11) is 0.